The van der Waals surface area contributed by atoms with Gasteiger partial charge in [-0.05, 0) is 61.4 Å². The first kappa shape index (κ1) is 17.9. The van der Waals surface area contributed by atoms with Crippen LogP contribution in [0.4, 0.5) is 26.3 Å². The Morgan fingerprint density at radius 1 is 1.04 bits per heavy atom. The number of hydrogen-bond acceptors (Lipinski definition) is 2. The first-order valence-corrected chi connectivity index (χ1v) is 8.84. The van der Waals surface area contributed by atoms with Crippen LogP contribution in [0.3, 0.4) is 0 Å². The second kappa shape index (κ2) is 5.78. The Morgan fingerprint density at radius 3 is 2.50 bits per heavy atom. The Bertz CT molecular complexity index is 709. The molecule has 1 aliphatic heterocycles. The smallest absolute Gasteiger partial charge is 0.406 e. The van der Waals surface area contributed by atoms with Gasteiger partial charge in [0.05, 0.1) is 5.56 Å². The SMILES string of the molecule is FC(F)(F)Oc1cc(C(F)(F)F)c2c(c1)[C@]13CCCC[C@@H]1[C@H](C2)NCC3. The Kier molecular flexibility index (Phi) is 3.99. The second-order valence-corrected chi connectivity index (χ2v) is 7.57. The summed E-state index contributed by atoms with van der Waals surface area (Å²) in [7, 11) is 0. The molecule has 0 spiro atoms. The van der Waals surface area contributed by atoms with E-state index in [1.165, 1.54) is 6.07 Å². The van der Waals surface area contributed by atoms with Gasteiger partial charge in [0, 0.05) is 11.5 Å². The van der Waals surface area contributed by atoms with E-state index < -0.39 is 29.3 Å². The predicted octanol–water partition coefficient (Wildman–Crippen LogP) is 4.95. The van der Waals surface area contributed by atoms with Crippen molar-refractivity contribution < 1.29 is 31.1 Å². The lowest BCUT2D eigenvalue weighted by Crippen LogP contribution is -2.59. The van der Waals surface area contributed by atoms with Gasteiger partial charge in [-0.15, -0.1) is 13.2 Å². The molecule has 144 valence electrons. The number of halogens is 6. The van der Waals surface area contributed by atoms with E-state index >= 15 is 0 Å². The minimum absolute atomic E-state index is 0.0490. The molecule has 0 aromatic heterocycles. The first-order chi connectivity index (χ1) is 12.1. The molecular formula is C18H19F6NO. The van der Waals surface area contributed by atoms with Crippen LogP contribution in [0.15, 0.2) is 12.1 Å². The Balaban J connectivity index is 1.92. The van der Waals surface area contributed by atoms with Crippen molar-refractivity contribution in [2.75, 3.05) is 6.54 Å². The molecule has 0 amide bonds. The van der Waals surface area contributed by atoms with Crippen molar-refractivity contribution in [3.63, 3.8) is 0 Å². The minimum atomic E-state index is -5.02. The van der Waals surface area contributed by atoms with Crippen LogP contribution in [-0.2, 0) is 18.0 Å². The minimum Gasteiger partial charge on any atom is -0.406 e. The summed E-state index contributed by atoms with van der Waals surface area (Å²) in [5.74, 6) is -0.598. The van der Waals surface area contributed by atoms with Gasteiger partial charge < -0.3 is 10.1 Å². The van der Waals surface area contributed by atoms with E-state index in [1.54, 1.807) is 0 Å². The zero-order chi connectivity index (χ0) is 18.7. The monoisotopic (exact) mass is 379 g/mol. The highest BCUT2D eigenvalue weighted by atomic mass is 19.4. The maximum absolute atomic E-state index is 13.6. The second-order valence-electron chi connectivity index (χ2n) is 7.57. The highest BCUT2D eigenvalue weighted by Crippen LogP contribution is 2.56. The van der Waals surface area contributed by atoms with Gasteiger partial charge in [0.2, 0.25) is 0 Å². The van der Waals surface area contributed by atoms with Crippen LogP contribution < -0.4 is 10.1 Å². The topological polar surface area (TPSA) is 21.3 Å². The lowest BCUT2D eigenvalue weighted by atomic mass is 9.52. The Labute approximate surface area is 146 Å². The summed E-state index contributed by atoms with van der Waals surface area (Å²) in [6.45, 7) is 0.673. The highest BCUT2D eigenvalue weighted by molar-refractivity contribution is 5.51. The predicted molar refractivity (Wildman–Crippen MR) is 81.9 cm³/mol. The van der Waals surface area contributed by atoms with Gasteiger partial charge in [-0.1, -0.05) is 12.8 Å². The van der Waals surface area contributed by atoms with Gasteiger partial charge in [-0.3, -0.25) is 0 Å². The average molecular weight is 379 g/mol. The van der Waals surface area contributed by atoms with E-state index in [0.29, 0.717) is 24.6 Å². The van der Waals surface area contributed by atoms with Gasteiger partial charge in [-0.2, -0.15) is 13.2 Å². The molecule has 1 saturated carbocycles. The maximum atomic E-state index is 13.6. The first-order valence-electron chi connectivity index (χ1n) is 8.84. The van der Waals surface area contributed by atoms with Crippen LogP contribution >= 0.6 is 0 Å². The van der Waals surface area contributed by atoms with Crippen molar-refractivity contribution >= 4 is 0 Å². The zero-order valence-corrected chi connectivity index (χ0v) is 13.9. The molecule has 0 radical (unpaired) electrons. The van der Waals surface area contributed by atoms with E-state index in [2.05, 4.69) is 10.1 Å². The summed E-state index contributed by atoms with van der Waals surface area (Å²) < 4.78 is 82.8. The van der Waals surface area contributed by atoms with E-state index in [9.17, 15) is 26.3 Å². The van der Waals surface area contributed by atoms with Gasteiger partial charge in [0.15, 0.2) is 0 Å². The van der Waals surface area contributed by atoms with E-state index in [-0.39, 0.29) is 23.9 Å². The highest BCUT2D eigenvalue weighted by Gasteiger charge is 2.53. The van der Waals surface area contributed by atoms with Crippen molar-refractivity contribution in [2.45, 2.75) is 62.5 Å². The summed E-state index contributed by atoms with van der Waals surface area (Å²) in [5, 5.41) is 3.34. The van der Waals surface area contributed by atoms with E-state index in [0.717, 1.165) is 25.7 Å². The van der Waals surface area contributed by atoms with Gasteiger partial charge in [0.25, 0.3) is 0 Å². The van der Waals surface area contributed by atoms with Gasteiger partial charge in [-0.25, -0.2) is 0 Å². The normalized spacial score (nSPS) is 31.2. The summed E-state index contributed by atoms with van der Waals surface area (Å²) in [4.78, 5) is 0. The molecule has 1 N–H and O–H groups in total. The van der Waals surface area contributed by atoms with Crippen molar-refractivity contribution in [3.05, 3.63) is 28.8 Å². The Morgan fingerprint density at radius 2 is 1.81 bits per heavy atom. The van der Waals surface area contributed by atoms with Gasteiger partial charge in [0.1, 0.15) is 5.75 Å². The van der Waals surface area contributed by atoms with E-state index in [4.69, 9.17) is 0 Å². The van der Waals surface area contributed by atoms with Crippen LogP contribution in [0, 0.1) is 5.92 Å². The standard InChI is InChI=1S/C18H19F6NO/c19-17(20,21)14-8-10(26-18(22,23)24)7-13-11(14)9-15-12-3-1-2-4-16(12,13)5-6-25-15/h7-8,12,15,25H,1-6,9H2/t12-,15+,16+/m1/s1. The van der Waals surface area contributed by atoms with Gasteiger partial charge >= 0.3 is 12.5 Å². The largest absolute Gasteiger partial charge is 0.573 e. The molecular weight excluding hydrogens is 360 g/mol. The molecule has 2 aliphatic carbocycles. The maximum Gasteiger partial charge on any atom is 0.573 e. The van der Waals surface area contributed by atoms with Crippen LogP contribution in [-0.4, -0.2) is 18.9 Å². The Hall–Kier alpha value is -1.44. The molecule has 0 unspecified atom stereocenters. The lowest BCUT2D eigenvalue weighted by Gasteiger charge is -2.56. The molecule has 1 aromatic rings. The fourth-order valence-electron chi connectivity index (χ4n) is 5.44. The fraction of sp³-hybridized carbons (Fsp3) is 0.667. The van der Waals surface area contributed by atoms with Crippen LogP contribution in [0.1, 0.15) is 48.8 Å². The molecule has 2 nitrogen and oxygen atoms in total. The van der Waals surface area contributed by atoms with Crippen molar-refractivity contribution in [2.24, 2.45) is 5.92 Å². The molecule has 8 heteroatoms. The number of rotatable bonds is 1. The molecule has 26 heavy (non-hydrogen) atoms. The number of hydrogen-bond donors (Lipinski definition) is 1. The summed E-state index contributed by atoms with van der Waals surface area (Å²) in [6, 6.07) is 1.67. The van der Waals surface area contributed by atoms with Crippen LogP contribution in [0.2, 0.25) is 0 Å². The number of piperidine rings is 1. The molecule has 3 atom stereocenters. The molecule has 1 heterocycles. The molecule has 4 rings (SSSR count). The third-order valence-electron chi connectivity index (χ3n) is 6.28. The van der Waals surface area contributed by atoms with Crippen molar-refractivity contribution in [1.82, 2.24) is 5.32 Å². The number of nitrogens with one attached hydrogen (secondary N) is 1. The zero-order valence-electron chi connectivity index (χ0n) is 13.9. The number of benzene rings is 1. The van der Waals surface area contributed by atoms with Crippen LogP contribution in [0.5, 0.6) is 5.75 Å². The molecule has 1 saturated heterocycles. The number of alkyl halides is 6. The number of ether oxygens (including phenoxy) is 1. The fourth-order valence-corrected chi connectivity index (χ4v) is 5.44. The third kappa shape index (κ3) is 2.86. The molecule has 2 bridgehead atoms. The average Bonchev–Trinajstić information content (AvgIpc) is 2.52. The molecule has 2 fully saturated rings. The van der Waals surface area contributed by atoms with Crippen molar-refractivity contribution in [1.29, 1.82) is 0 Å². The lowest BCUT2D eigenvalue weighted by molar-refractivity contribution is -0.274. The summed E-state index contributed by atoms with van der Waals surface area (Å²) in [6.07, 6.45) is -5.40. The quantitative estimate of drug-likeness (QED) is 0.697. The van der Waals surface area contributed by atoms with E-state index in [1.807, 2.05) is 0 Å². The van der Waals surface area contributed by atoms with Crippen molar-refractivity contribution in [3.8, 4) is 5.75 Å². The molecule has 1 aromatic carbocycles. The number of fused-ring (bicyclic) bond motifs is 1. The third-order valence-corrected chi connectivity index (χ3v) is 6.28. The summed E-state index contributed by atoms with van der Waals surface area (Å²) in [5.41, 5.74) is -0.907. The molecule has 3 aliphatic rings. The van der Waals surface area contributed by atoms with Crippen LogP contribution in [0.25, 0.3) is 0 Å². The summed E-state index contributed by atoms with van der Waals surface area (Å²) >= 11 is 0.